The molecule has 4 rings (SSSR count). The number of ether oxygens (including phenoxy) is 1. The van der Waals surface area contributed by atoms with E-state index in [1.165, 1.54) is 0 Å². The van der Waals surface area contributed by atoms with Crippen molar-refractivity contribution < 1.29 is 19.1 Å². The second-order valence-electron chi connectivity index (χ2n) is 10.2. The van der Waals surface area contributed by atoms with Gasteiger partial charge >= 0.3 is 5.97 Å². The summed E-state index contributed by atoms with van der Waals surface area (Å²) in [5.41, 5.74) is 5.15. The maximum absolute atomic E-state index is 13.3. The fourth-order valence-corrected chi connectivity index (χ4v) is 4.49. The van der Waals surface area contributed by atoms with Crippen molar-refractivity contribution in [3.8, 4) is 0 Å². The zero-order valence-corrected chi connectivity index (χ0v) is 23.7. The molecular formula is C32H36N4O4. The molecule has 0 bridgehead atoms. The lowest BCUT2D eigenvalue weighted by Gasteiger charge is -2.26. The van der Waals surface area contributed by atoms with Crippen molar-refractivity contribution in [2.45, 2.75) is 20.8 Å². The van der Waals surface area contributed by atoms with E-state index >= 15 is 0 Å². The summed E-state index contributed by atoms with van der Waals surface area (Å²) in [7, 11) is 3.97. The van der Waals surface area contributed by atoms with Crippen LogP contribution in [0.15, 0.2) is 72.8 Å². The summed E-state index contributed by atoms with van der Waals surface area (Å²) in [5.74, 6) is -0.763. The molecule has 3 aromatic rings. The summed E-state index contributed by atoms with van der Waals surface area (Å²) in [6, 6.07) is 22.4. The number of nitrogens with zero attached hydrogens (tertiary/aromatic N) is 2. The highest BCUT2D eigenvalue weighted by Gasteiger charge is 2.29. The van der Waals surface area contributed by atoms with Crippen LogP contribution in [0.2, 0.25) is 0 Å². The van der Waals surface area contributed by atoms with Gasteiger partial charge in [-0.2, -0.15) is 0 Å². The van der Waals surface area contributed by atoms with Gasteiger partial charge in [0.05, 0.1) is 29.1 Å². The van der Waals surface area contributed by atoms with E-state index in [1.54, 1.807) is 25.1 Å². The van der Waals surface area contributed by atoms with Crippen molar-refractivity contribution >= 4 is 46.1 Å². The van der Waals surface area contributed by atoms with E-state index in [0.29, 0.717) is 34.6 Å². The molecule has 1 aliphatic rings. The van der Waals surface area contributed by atoms with Crippen LogP contribution >= 0.6 is 0 Å². The van der Waals surface area contributed by atoms with Gasteiger partial charge in [0.25, 0.3) is 5.91 Å². The van der Waals surface area contributed by atoms with Gasteiger partial charge in [0.2, 0.25) is 5.91 Å². The quantitative estimate of drug-likeness (QED) is 0.266. The minimum atomic E-state index is -0.436. The van der Waals surface area contributed by atoms with E-state index in [1.807, 2.05) is 87.4 Å². The van der Waals surface area contributed by atoms with Crippen molar-refractivity contribution in [2.75, 3.05) is 49.3 Å². The van der Waals surface area contributed by atoms with E-state index in [-0.39, 0.29) is 24.3 Å². The Morgan fingerprint density at radius 3 is 2.25 bits per heavy atom. The lowest BCUT2D eigenvalue weighted by atomic mass is 9.99. The molecule has 1 aliphatic heterocycles. The molecule has 0 aliphatic carbocycles. The van der Waals surface area contributed by atoms with Gasteiger partial charge in [-0.05, 0) is 63.0 Å². The zero-order chi connectivity index (χ0) is 28.8. The molecule has 3 aromatic carbocycles. The molecule has 208 valence electrons. The Morgan fingerprint density at radius 1 is 0.925 bits per heavy atom. The largest absolute Gasteiger partial charge is 0.462 e. The molecule has 0 spiro atoms. The second kappa shape index (κ2) is 12.6. The fourth-order valence-electron chi connectivity index (χ4n) is 4.49. The van der Waals surface area contributed by atoms with Crippen molar-refractivity contribution in [1.29, 1.82) is 0 Å². The third-order valence-electron chi connectivity index (χ3n) is 6.57. The zero-order valence-electron chi connectivity index (χ0n) is 23.7. The van der Waals surface area contributed by atoms with Crippen molar-refractivity contribution in [1.82, 2.24) is 4.90 Å². The van der Waals surface area contributed by atoms with E-state index in [2.05, 4.69) is 15.5 Å². The number of esters is 1. The Bertz CT molecular complexity index is 1410. The SMILES string of the molecule is CCOC(=O)c1ccc2c(c1)NC(=O)C2=C(Nc1ccc(N(CCN(C)C)C(=O)C(C)C)cc1)c1ccccc1. The van der Waals surface area contributed by atoms with Crippen LogP contribution in [0.25, 0.3) is 11.3 Å². The summed E-state index contributed by atoms with van der Waals surface area (Å²) < 4.78 is 5.12. The van der Waals surface area contributed by atoms with Crippen molar-refractivity contribution in [3.05, 3.63) is 89.5 Å². The number of carbonyl (C=O) groups excluding carboxylic acids is 3. The lowest BCUT2D eigenvalue weighted by molar-refractivity contribution is -0.121. The van der Waals surface area contributed by atoms with Gasteiger partial charge in [0.15, 0.2) is 0 Å². The van der Waals surface area contributed by atoms with Crippen molar-refractivity contribution in [2.24, 2.45) is 5.92 Å². The van der Waals surface area contributed by atoms with Gasteiger partial charge in [-0.15, -0.1) is 0 Å². The van der Waals surface area contributed by atoms with Crippen LogP contribution in [0.1, 0.15) is 42.3 Å². The van der Waals surface area contributed by atoms with Gasteiger partial charge in [-0.3, -0.25) is 9.59 Å². The number of carbonyl (C=O) groups is 3. The maximum atomic E-state index is 13.3. The minimum Gasteiger partial charge on any atom is -0.462 e. The van der Waals surface area contributed by atoms with Crippen LogP contribution in [0, 0.1) is 5.92 Å². The normalized spacial score (nSPS) is 13.6. The number of hydrogen-bond acceptors (Lipinski definition) is 6. The first kappa shape index (κ1) is 28.6. The topological polar surface area (TPSA) is 91.0 Å². The van der Waals surface area contributed by atoms with Crippen molar-refractivity contribution in [3.63, 3.8) is 0 Å². The lowest BCUT2D eigenvalue weighted by Crippen LogP contribution is -2.39. The number of benzene rings is 3. The predicted molar refractivity (Wildman–Crippen MR) is 160 cm³/mol. The minimum absolute atomic E-state index is 0.0658. The molecule has 0 saturated heterocycles. The molecule has 40 heavy (non-hydrogen) atoms. The van der Waals surface area contributed by atoms with E-state index in [0.717, 1.165) is 23.5 Å². The monoisotopic (exact) mass is 540 g/mol. The maximum Gasteiger partial charge on any atom is 0.338 e. The highest BCUT2D eigenvalue weighted by molar-refractivity contribution is 6.37. The van der Waals surface area contributed by atoms with E-state index < -0.39 is 5.97 Å². The number of hydrogen-bond donors (Lipinski definition) is 2. The number of nitrogens with one attached hydrogen (secondary N) is 2. The molecule has 8 nitrogen and oxygen atoms in total. The molecule has 0 unspecified atom stereocenters. The standard InChI is InChI=1S/C32H36N4O4/c1-6-40-32(39)23-12-17-26-27(20-23)34-30(37)28(26)29(22-10-8-7-9-11-22)33-24-13-15-25(16-14-24)36(19-18-35(4)5)31(38)21(2)3/h7-17,20-21,33H,6,18-19H2,1-5H3,(H,34,37). The fraction of sp³-hybridized carbons (Fsp3) is 0.281. The van der Waals surface area contributed by atoms with Gasteiger partial charge < -0.3 is 25.2 Å². The average Bonchev–Trinajstić information content (AvgIpc) is 3.27. The Morgan fingerprint density at radius 2 is 1.62 bits per heavy atom. The Labute approximate surface area is 235 Å². The molecule has 8 heteroatoms. The molecule has 0 aromatic heterocycles. The number of amides is 2. The Kier molecular flexibility index (Phi) is 9.01. The highest BCUT2D eigenvalue weighted by atomic mass is 16.5. The van der Waals surface area contributed by atoms with Crippen LogP contribution < -0.4 is 15.5 Å². The first-order valence-electron chi connectivity index (χ1n) is 13.4. The van der Waals surface area contributed by atoms with Crippen LogP contribution in [-0.2, 0) is 14.3 Å². The molecule has 0 saturated carbocycles. The summed E-state index contributed by atoms with van der Waals surface area (Å²) in [6.07, 6.45) is 0. The van der Waals surface area contributed by atoms with Crippen LogP contribution in [0.3, 0.4) is 0 Å². The average molecular weight is 541 g/mol. The van der Waals surface area contributed by atoms with Gasteiger partial charge in [0.1, 0.15) is 0 Å². The summed E-state index contributed by atoms with van der Waals surface area (Å²) in [6.45, 7) is 7.16. The van der Waals surface area contributed by atoms with Gasteiger partial charge in [0, 0.05) is 35.9 Å². The Balaban J connectivity index is 1.71. The molecule has 0 atom stereocenters. The first-order chi connectivity index (χ1) is 19.2. The van der Waals surface area contributed by atoms with Crippen LogP contribution in [0.4, 0.5) is 17.1 Å². The smallest absolute Gasteiger partial charge is 0.338 e. The van der Waals surface area contributed by atoms with E-state index in [9.17, 15) is 14.4 Å². The molecule has 0 radical (unpaired) electrons. The third kappa shape index (κ3) is 6.40. The Hall–Kier alpha value is -4.43. The number of rotatable bonds is 10. The van der Waals surface area contributed by atoms with Crippen LogP contribution in [0.5, 0.6) is 0 Å². The number of likely N-dealkylation sites (N-methyl/N-ethyl adjacent to an activating group) is 1. The number of fused-ring (bicyclic) bond motifs is 1. The third-order valence-corrected chi connectivity index (χ3v) is 6.57. The molecule has 2 amide bonds. The van der Waals surface area contributed by atoms with Crippen LogP contribution in [-0.4, -0.2) is 56.5 Å². The van der Waals surface area contributed by atoms with Gasteiger partial charge in [-0.1, -0.05) is 50.2 Å². The molecule has 1 heterocycles. The van der Waals surface area contributed by atoms with Gasteiger partial charge in [-0.25, -0.2) is 4.79 Å². The molecule has 0 fully saturated rings. The van der Waals surface area contributed by atoms with E-state index in [4.69, 9.17) is 4.74 Å². The molecular weight excluding hydrogens is 504 g/mol. The first-order valence-corrected chi connectivity index (χ1v) is 13.4. The second-order valence-corrected chi connectivity index (χ2v) is 10.2. The molecule has 2 N–H and O–H groups in total. The number of anilines is 3. The predicted octanol–water partition coefficient (Wildman–Crippen LogP) is 5.35. The highest BCUT2D eigenvalue weighted by Crippen LogP contribution is 2.38. The summed E-state index contributed by atoms with van der Waals surface area (Å²) in [4.78, 5) is 42.3. The summed E-state index contributed by atoms with van der Waals surface area (Å²) >= 11 is 0. The summed E-state index contributed by atoms with van der Waals surface area (Å²) in [5, 5.41) is 6.35.